The second-order valence-corrected chi connectivity index (χ2v) is 10.4. The number of benzene rings is 3. The van der Waals surface area contributed by atoms with Crippen LogP contribution in [0.4, 0.5) is 10.1 Å². The van der Waals surface area contributed by atoms with E-state index in [4.69, 9.17) is 23.2 Å². The van der Waals surface area contributed by atoms with Crippen molar-refractivity contribution in [1.82, 2.24) is 5.32 Å². The summed E-state index contributed by atoms with van der Waals surface area (Å²) < 4.78 is 42.5. The third-order valence-electron chi connectivity index (χ3n) is 5.28. The van der Waals surface area contributed by atoms with Crippen LogP contribution in [0.3, 0.4) is 0 Å². The first-order valence-electron chi connectivity index (χ1n) is 10.8. The molecule has 1 amide bonds. The van der Waals surface area contributed by atoms with Gasteiger partial charge < -0.3 is 5.32 Å². The van der Waals surface area contributed by atoms with Crippen molar-refractivity contribution in [3.8, 4) is 0 Å². The highest BCUT2D eigenvalue weighted by atomic mass is 35.5. The van der Waals surface area contributed by atoms with Crippen LogP contribution >= 0.6 is 23.2 Å². The minimum Gasteiger partial charge on any atom is -0.354 e. The van der Waals surface area contributed by atoms with E-state index in [9.17, 15) is 17.6 Å². The SMILES string of the molecule is C[C@H](C(=O)NCCCCc1ccccc1)N(c1cc(Cl)ccc1F)S(=O)(=O)c1ccc(Cl)cc1. The third-order valence-corrected chi connectivity index (χ3v) is 7.67. The molecule has 3 aromatic rings. The molecule has 3 aromatic carbocycles. The van der Waals surface area contributed by atoms with Crippen molar-refractivity contribution >= 4 is 44.8 Å². The Labute approximate surface area is 209 Å². The molecule has 0 radical (unpaired) electrons. The standard InChI is InChI=1S/C25H25Cl2FN2O3S/c1-18(25(31)29-16-6-5-9-19-7-3-2-4-8-19)30(24-17-21(27)12-15-23(24)28)34(32,33)22-13-10-20(26)11-14-22/h2-4,7-8,10-15,17-18H,5-6,9,16H2,1H3,(H,29,31)/t18-/m1/s1. The maximum absolute atomic E-state index is 14.7. The summed E-state index contributed by atoms with van der Waals surface area (Å²) in [6.07, 6.45) is 2.44. The summed E-state index contributed by atoms with van der Waals surface area (Å²) >= 11 is 11.9. The number of halogens is 3. The van der Waals surface area contributed by atoms with E-state index < -0.39 is 27.8 Å². The van der Waals surface area contributed by atoms with Crippen LogP contribution in [-0.4, -0.2) is 26.9 Å². The second kappa shape index (κ2) is 11.7. The topological polar surface area (TPSA) is 66.5 Å². The Hall–Kier alpha value is -2.61. The van der Waals surface area contributed by atoms with Gasteiger partial charge in [0.2, 0.25) is 5.91 Å². The van der Waals surface area contributed by atoms with Crippen molar-refractivity contribution in [3.05, 3.63) is 94.2 Å². The fourth-order valence-electron chi connectivity index (χ4n) is 3.49. The van der Waals surface area contributed by atoms with Gasteiger partial charge >= 0.3 is 0 Å². The molecule has 180 valence electrons. The zero-order chi connectivity index (χ0) is 24.7. The molecule has 0 heterocycles. The Morgan fingerprint density at radius 2 is 1.62 bits per heavy atom. The maximum atomic E-state index is 14.7. The second-order valence-electron chi connectivity index (χ2n) is 7.76. The van der Waals surface area contributed by atoms with E-state index in [1.54, 1.807) is 0 Å². The van der Waals surface area contributed by atoms with E-state index in [0.717, 1.165) is 23.2 Å². The number of nitrogens with one attached hydrogen (secondary N) is 1. The Bertz CT molecular complexity index is 1220. The smallest absolute Gasteiger partial charge is 0.265 e. The molecule has 0 fully saturated rings. The normalized spacial score (nSPS) is 12.2. The van der Waals surface area contributed by atoms with Crippen LogP contribution in [0.15, 0.2) is 77.7 Å². The van der Waals surface area contributed by atoms with Crippen molar-refractivity contribution in [3.63, 3.8) is 0 Å². The first-order valence-corrected chi connectivity index (χ1v) is 13.0. The van der Waals surface area contributed by atoms with Gasteiger partial charge in [0.25, 0.3) is 10.0 Å². The predicted molar refractivity (Wildman–Crippen MR) is 134 cm³/mol. The summed E-state index contributed by atoms with van der Waals surface area (Å²) in [5.74, 6) is -1.36. The summed E-state index contributed by atoms with van der Waals surface area (Å²) in [6, 6.07) is 17.8. The number of rotatable bonds is 10. The number of hydrogen-bond donors (Lipinski definition) is 1. The molecule has 0 aliphatic heterocycles. The molecule has 9 heteroatoms. The van der Waals surface area contributed by atoms with E-state index >= 15 is 0 Å². The summed E-state index contributed by atoms with van der Waals surface area (Å²) in [6.45, 7) is 1.77. The molecule has 0 aliphatic rings. The largest absolute Gasteiger partial charge is 0.354 e. The minimum atomic E-state index is -4.31. The van der Waals surface area contributed by atoms with Crippen molar-refractivity contribution in [2.24, 2.45) is 0 Å². The van der Waals surface area contributed by atoms with Gasteiger partial charge in [-0.3, -0.25) is 9.10 Å². The van der Waals surface area contributed by atoms with Gasteiger partial charge in [-0.15, -0.1) is 0 Å². The quantitative estimate of drug-likeness (QED) is 0.339. The van der Waals surface area contributed by atoms with Crippen LogP contribution in [0.2, 0.25) is 10.0 Å². The summed E-state index contributed by atoms with van der Waals surface area (Å²) in [5, 5.41) is 3.25. The van der Waals surface area contributed by atoms with Gasteiger partial charge in [-0.1, -0.05) is 53.5 Å². The van der Waals surface area contributed by atoms with Gasteiger partial charge in [-0.25, -0.2) is 12.8 Å². The highest BCUT2D eigenvalue weighted by Gasteiger charge is 2.35. The number of carbonyl (C=O) groups excluding carboxylic acids is 1. The summed E-state index contributed by atoms with van der Waals surface area (Å²) in [4.78, 5) is 12.8. The zero-order valence-corrected chi connectivity index (χ0v) is 20.9. The first-order chi connectivity index (χ1) is 16.2. The van der Waals surface area contributed by atoms with Gasteiger partial charge in [0, 0.05) is 16.6 Å². The Morgan fingerprint density at radius 3 is 2.29 bits per heavy atom. The number of hydrogen-bond acceptors (Lipinski definition) is 3. The average molecular weight is 523 g/mol. The van der Waals surface area contributed by atoms with E-state index in [-0.39, 0.29) is 15.6 Å². The van der Waals surface area contributed by atoms with Gasteiger partial charge in [-0.2, -0.15) is 0 Å². The van der Waals surface area contributed by atoms with Gasteiger partial charge in [0.05, 0.1) is 10.6 Å². The van der Waals surface area contributed by atoms with E-state index in [1.165, 1.54) is 48.9 Å². The van der Waals surface area contributed by atoms with Crippen LogP contribution < -0.4 is 9.62 Å². The molecule has 0 aliphatic carbocycles. The predicted octanol–water partition coefficient (Wildman–Crippen LogP) is 5.86. The molecular weight excluding hydrogens is 498 g/mol. The zero-order valence-electron chi connectivity index (χ0n) is 18.5. The number of anilines is 1. The molecule has 0 unspecified atom stereocenters. The lowest BCUT2D eigenvalue weighted by atomic mass is 10.1. The minimum absolute atomic E-state index is 0.126. The molecule has 3 rings (SSSR count). The molecule has 34 heavy (non-hydrogen) atoms. The molecular formula is C25H25Cl2FN2O3S. The average Bonchev–Trinajstić information content (AvgIpc) is 2.82. The van der Waals surface area contributed by atoms with Gasteiger partial charge in [-0.05, 0) is 74.2 Å². The monoisotopic (exact) mass is 522 g/mol. The summed E-state index contributed by atoms with van der Waals surface area (Å²) in [5.41, 5.74) is 0.896. The lowest BCUT2D eigenvalue weighted by Gasteiger charge is -2.30. The van der Waals surface area contributed by atoms with Crippen LogP contribution in [0.1, 0.15) is 25.3 Å². The fraction of sp³-hybridized carbons (Fsp3) is 0.240. The summed E-state index contributed by atoms with van der Waals surface area (Å²) in [7, 11) is -4.31. The van der Waals surface area contributed by atoms with Crippen molar-refractivity contribution in [2.75, 3.05) is 10.8 Å². The maximum Gasteiger partial charge on any atom is 0.265 e. The number of sulfonamides is 1. The lowest BCUT2D eigenvalue weighted by Crippen LogP contribution is -2.48. The van der Waals surface area contributed by atoms with Crippen molar-refractivity contribution in [1.29, 1.82) is 0 Å². The van der Waals surface area contributed by atoms with Gasteiger partial charge in [0.15, 0.2) is 0 Å². The Morgan fingerprint density at radius 1 is 0.971 bits per heavy atom. The van der Waals surface area contributed by atoms with Crippen LogP contribution in [0.25, 0.3) is 0 Å². The first kappa shape index (κ1) is 26.0. The number of amides is 1. The van der Waals surface area contributed by atoms with Crippen LogP contribution in [0.5, 0.6) is 0 Å². The van der Waals surface area contributed by atoms with Crippen molar-refractivity contribution < 1.29 is 17.6 Å². The molecule has 0 bridgehead atoms. The number of carbonyl (C=O) groups is 1. The molecule has 0 saturated heterocycles. The molecule has 5 nitrogen and oxygen atoms in total. The molecule has 1 atom stereocenters. The highest BCUT2D eigenvalue weighted by Crippen LogP contribution is 2.31. The molecule has 0 aromatic heterocycles. The van der Waals surface area contributed by atoms with E-state index in [2.05, 4.69) is 5.32 Å². The van der Waals surface area contributed by atoms with Gasteiger partial charge in [0.1, 0.15) is 11.9 Å². The van der Waals surface area contributed by atoms with Crippen LogP contribution in [0, 0.1) is 5.82 Å². The number of unbranched alkanes of at least 4 members (excludes halogenated alkanes) is 1. The Kier molecular flexibility index (Phi) is 8.94. The van der Waals surface area contributed by atoms with Crippen molar-refractivity contribution in [2.45, 2.75) is 37.1 Å². The number of nitrogens with zero attached hydrogens (tertiary/aromatic N) is 1. The molecule has 0 spiro atoms. The Balaban J connectivity index is 1.77. The highest BCUT2D eigenvalue weighted by molar-refractivity contribution is 7.93. The molecule has 1 N–H and O–H groups in total. The van der Waals surface area contributed by atoms with Crippen LogP contribution in [-0.2, 0) is 21.2 Å². The third kappa shape index (κ3) is 6.50. The van der Waals surface area contributed by atoms with E-state index in [1.807, 2.05) is 30.3 Å². The lowest BCUT2D eigenvalue weighted by molar-refractivity contribution is -0.121. The van der Waals surface area contributed by atoms with E-state index in [0.29, 0.717) is 18.0 Å². The number of aryl methyl sites for hydroxylation is 1. The molecule has 0 saturated carbocycles. The fourth-order valence-corrected chi connectivity index (χ4v) is 5.40.